The number of benzene rings is 2. The maximum absolute atomic E-state index is 14.1. The van der Waals surface area contributed by atoms with Crippen molar-refractivity contribution in [3.63, 3.8) is 0 Å². The molecule has 3 aromatic rings. The summed E-state index contributed by atoms with van der Waals surface area (Å²) in [5, 5.41) is 10.0. The molecule has 10 heteroatoms. The number of urea groups is 1. The van der Waals surface area contributed by atoms with E-state index in [9.17, 15) is 19.6 Å². The minimum Gasteiger partial charge on any atom is -0.493 e. The third-order valence-electron chi connectivity index (χ3n) is 7.77. The number of hydrogen-bond acceptors (Lipinski definition) is 8. The number of aromatic nitrogens is 1. The molecular formula is C27H24N5O5+. The molecule has 0 saturated carbocycles. The van der Waals surface area contributed by atoms with Crippen LogP contribution >= 0.6 is 0 Å². The van der Waals surface area contributed by atoms with Crippen molar-refractivity contribution in [2.75, 3.05) is 38.9 Å². The molecule has 2 aromatic carbocycles. The largest absolute Gasteiger partial charge is 0.493 e. The minimum absolute atomic E-state index is 0.103. The predicted octanol–water partition coefficient (Wildman–Crippen LogP) is 2.24. The van der Waals surface area contributed by atoms with Gasteiger partial charge in [-0.15, -0.1) is 0 Å². The van der Waals surface area contributed by atoms with Gasteiger partial charge < -0.3 is 9.47 Å². The highest BCUT2D eigenvalue weighted by Crippen LogP contribution is 2.45. The number of fused-ring (bicyclic) bond motifs is 2. The monoisotopic (exact) mass is 498 g/mol. The smallest absolute Gasteiger partial charge is 0.433 e. The standard InChI is InChI=1S/C27H24N5O5/c1-36-23-8-5-16(11-24(23)37-2)10-22(33)20-13-30-14-21-26(34)31(27(35)32(20,21)15-30)19-7-6-17(12-28)25-18(19)4-3-9-29-25/h3-9,11,20-21H,10,13-15H2,1-2H3/q+1. The Hall–Kier alpha value is -4.33. The number of rotatable bonds is 6. The van der Waals surface area contributed by atoms with Crippen LogP contribution in [0.4, 0.5) is 10.5 Å². The SMILES string of the molecule is COc1ccc(CC(=O)C2CN3CC4C(=O)N(c5ccc(C#N)c6ncccc56)C(=O)[N+]24C3)cc1OC. The molecule has 3 amide bonds. The molecule has 186 valence electrons. The average Bonchev–Trinajstić information content (AvgIpc) is 3.56. The number of hydrogen-bond donors (Lipinski definition) is 0. The van der Waals surface area contributed by atoms with Crippen molar-refractivity contribution in [2.45, 2.75) is 18.5 Å². The van der Waals surface area contributed by atoms with Gasteiger partial charge in [-0.05, 0) is 42.0 Å². The van der Waals surface area contributed by atoms with Gasteiger partial charge >= 0.3 is 6.03 Å². The number of ether oxygens (including phenoxy) is 2. The molecule has 37 heavy (non-hydrogen) atoms. The van der Waals surface area contributed by atoms with Gasteiger partial charge in [0.2, 0.25) is 0 Å². The molecule has 6 rings (SSSR count). The molecule has 0 aliphatic carbocycles. The molecule has 10 nitrogen and oxygen atoms in total. The van der Waals surface area contributed by atoms with Gasteiger partial charge in [-0.1, -0.05) is 6.07 Å². The van der Waals surface area contributed by atoms with Crippen LogP contribution in [-0.2, 0) is 16.0 Å². The van der Waals surface area contributed by atoms with Gasteiger partial charge in [0, 0.05) is 18.0 Å². The first-order chi connectivity index (χ1) is 17.9. The van der Waals surface area contributed by atoms with Crippen LogP contribution in [0.15, 0.2) is 48.7 Å². The Morgan fingerprint density at radius 1 is 1.14 bits per heavy atom. The van der Waals surface area contributed by atoms with Crippen LogP contribution in [0, 0.1) is 11.3 Å². The number of carbonyl (C=O) groups is 3. The fourth-order valence-corrected chi connectivity index (χ4v) is 6.08. The number of nitriles is 1. The third-order valence-corrected chi connectivity index (χ3v) is 7.77. The van der Waals surface area contributed by atoms with E-state index in [1.807, 2.05) is 4.90 Å². The molecule has 3 fully saturated rings. The Labute approximate surface area is 212 Å². The minimum atomic E-state index is -0.656. The summed E-state index contributed by atoms with van der Waals surface area (Å²) < 4.78 is 10.4. The van der Waals surface area contributed by atoms with E-state index in [2.05, 4.69) is 11.1 Å². The number of piperazine rings is 1. The lowest BCUT2D eigenvalue weighted by atomic mass is 9.98. The lowest BCUT2D eigenvalue weighted by Crippen LogP contribution is -2.62. The highest BCUT2D eigenvalue weighted by molar-refractivity contribution is 6.22. The van der Waals surface area contributed by atoms with E-state index < -0.39 is 18.1 Å². The molecule has 0 radical (unpaired) electrons. The Bertz CT molecular complexity index is 1530. The summed E-state index contributed by atoms with van der Waals surface area (Å²) >= 11 is 0. The molecule has 4 atom stereocenters. The lowest BCUT2D eigenvalue weighted by molar-refractivity contribution is -0.852. The summed E-state index contributed by atoms with van der Waals surface area (Å²) in [6.45, 7) is 1.17. The summed E-state index contributed by atoms with van der Waals surface area (Å²) in [6.07, 6.45) is 1.68. The molecule has 4 unspecified atom stereocenters. The summed E-state index contributed by atoms with van der Waals surface area (Å²) in [7, 11) is 3.08. The highest BCUT2D eigenvalue weighted by Gasteiger charge is 2.73. The van der Waals surface area contributed by atoms with Crippen molar-refractivity contribution in [3.8, 4) is 17.6 Å². The van der Waals surface area contributed by atoms with Gasteiger partial charge in [-0.25, -0.2) is 14.2 Å². The Morgan fingerprint density at radius 3 is 2.70 bits per heavy atom. The first-order valence-electron chi connectivity index (χ1n) is 11.9. The number of anilines is 1. The molecule has 1 aromatic heterocycles. The van der Waals surface area contributed by atoms with Crippen LogP contribution in [-0.4, -0.2) is 78.1 Å². The number of carbonyl (C=O) groups excluding carboxylic acids is 3. The van der Waals surface area contributed by atoms with E-state index in [1.165, 1.54) is 12.0 Å². The molecule has 0 N–H and O–H groups in total. The van der Waals surface area contributed by atoms with Crippen LogP contribution in [0.2, 0.25) is 0 Å². The number of pyridine rings is 1. The second kappa shape index (κ2) is 8.37. The lowest BCUT2D eigenvalue weighted by Gasteiger charge is -2.33. The number of methoxy groups -OCH3 is 2. The van der Waals surface area contributed by atoms with Crippen molar-refractivity contribution in [1.29, 1.82) is 5.26 Å². The zero-order chi connectivity index (χ0) is 25.9. The van der Waals surface area contributed by atoms with Gasteiger partial charge in [0.1, 0.15) is 12.7 Å². The fraction of sp³-hybridized carbons (Fsp3) is 0.296. The Balaban J connectivity index is 1.36. The topological polar surface area (TPSA) is 113 Å². The van der Waals surface area contributed by atoms with Gasteiger partial charge in [-0.2, -0.15) is 10.2 Å². The zero-order valence-corrected chi connectivity index (χ0v) is 20.4. The second-order valence-corrected chi connectivity index (χ2v) is 9.57. The number of amides is 3. The van der Waals surface area contributed by atoms with Crippen LogP contribution in [0.25, 0.3) is 10.9 Å². The van der Waals surface area contributed by atoms with E-state index in [0.717, 1.165) is 5.56 Å². The number of quaternary nitrogens is 1. The summed E-state index contributed by atoms with van der Waals surface area (Å²) in [5.74, 6) is 0.657. The van der Waals surface area contributed by atoms with Gasteiger partial charge in [-0.3, -0.25) is 14.6 Å². The van der Waals surface area contributed by atoms with Gasteiger partial charge in [0.05, 0.1) is 44.1 Å². The van der Waals surface area contributed by atoms with Gasteiger partial charge in [0.25, 0.3) is 5.91 Å². The normalized spacial score (nSPS) is 25.9. The van der Waals surface area contributed by atoms with E-state index in [4.69, 9.17) is 9.47 Å². The third kappa shape index (κ3) is 3.18. The summed E-state index contributed by atoms with van der Waals surface area (Å²) in [6, 6.07) is 12.4. The highest BCUT2D eigenvalue weighted by atomic mass is 16.5. The van der Waals surface area contributed by atoms with Crippen molar-refractivity contribution < 1.29 is 28.3 Å². The molecular weight excluding hydrogens is 474 g/mol. The van der Waals surface area contributed by atoms with E-state index >= 15 is 0 Å². The molecule has 3 saturated heterocycles. The number of Topliss-reactive ketones (excluding diaryl/α,β-unsaturated/α-hetero) is 1. The van der Waals surface area contributed by atoms with Gasteiger partial charge in [0.15, 0.2) is 29.4 Å². The first kappa shape index (κ1) is 23.1. The van der Waals surface area contributed by atoms with E-state index in [0.29, 0.717) is 53.4 Å². The van der Waals surface area contributed by atoms with Crippen LogP contribution in [0.1, 0.15) is 11.1 Å². The molecule has 3 aliphatic rings. The van der Waals surface area contributed by atoms with Crippen molar-refractivity contribution >= 4 is 34.3 Å². The van der Waals surface area contributed by atoms with Crippen LogP contribution < -0.4 is 14.4 Å². The van der Waals surface area contributed by atoms with Crippen molar-refractivity contribution in [3.05, 3.63) is 59.8 Å². The quantitative estimate of drug-likeness (QED) is 0.376. The van der Waals surface area contributed by atoms with Crippen molar-refractivity contribution in [2.24, 2.45) is 0 Å². The Kier molecular flexibility index (Phi) is 5.22. The van der Waals surface area contributed by atoms with Crippen LogP contribution in [0.5, 0.6) is 11.5 Å². The predicted molar refractivity (Wildman–Crippen MR) is 132 cm³/mol. The first-order valence-corrected chi connectivity index (χ1v) is 11.9. The Morgan fingerprint density at radius 2 is 1.95 bits per heavy atom. The fourth-order valence-electron chi connectivity index (χ4n) is 6.08. The number of imide groups is 1. The molecule has 2 bridgehead atoms. The average molecular weight is 499 g/mol. The van der Waals surface area contributed by atoms with E-state index in [-0.39, 0.29) is 22.6 Å². The molecule has 3 aliphatic heterocycles. The molecule has 4 heterocycles. The number of ketones is 1. The maximum atomic E-state index is 14.1. The van der Waals surface area contributed by atoms with E-state index in [1.54, 1.807) is 55.8 Å². The molecule has 1 spiro atoms. The summed E-state index contributed by atoms with van der Waals surface area (Å²) in [5.41, 5.74) is 1.93. The summed E-state index contributed by atoms with van der Waals surface area (Å²) in [4.78, 5) is 49.0. The van der Waals surface area contributed by atoms with Crippen LogP contribution in [0.3, 0.4) is 0 Å². The zero-order valence-electron chi connectivity index (χ0n) is 20.4. The second-order valence-electron chi connectivity index (χ2n) is 9.57. The van der Waals surface area contributed by atoms with Crippen molar-refractivity contribution in [1.82, 2.24) is 9.88 Å². The maximum Gasteiger partial charge on any atom is 0.433 e. The number of nitrogens with zero attached hydrogens (tertiary/aromatic N) is 5.